The highest BCUT2D eigenvalue weighted by atomic mass is 16.5. The van der Waals surface area contributed by atoms with Gasteiger partial charge in [-0.1, -0.05) is 30.3 Å². The third kappa shape index (κ3) is 3.79. The van der Waals surface area contributed by atoms with E-state index in [1.165, 1.54) is 6.42 Å². The van der Waals surface area contributed by atoms with Gasteiger partial charge in [0.2, 0.25) is 0 Å². The fourth-order valence-corrected chi connectivity index (χ4v) is 2.58. The van der Waals surface area contributed by atoms with Crippen molar-refractivity contribution < 1.29 is 14.6 Å². The van der Waals surface area contributed by atoms with E-state index in [0.717, 1.165) is 25.0 Å². The maximum Gasteiger partial charge on any atom is 0.0903 e. The summed E-state index contributed by atoms with van der Waals surface area (Å²) in [6, 6.07) is 9.93. The van der Waals surface area contributed by atoms with Gasteiger partial charge in [0.1, 0.15) is 0 Å². The summed E-state index contributed by atoms with van der Waals surface area (Å²) in [5, 5.41) is 13.0. The number of aliphatic hydroxyl groups is 1. The van der Waals surface area contributed by atoms with Crippen LogP contribution in [0.2, 0.25) is 0 Å². The molecule has 4 heteroatoms. The Morgan fingerprint density at radius 3 is 2.75 bits per heavy atom. The molecule has 1 aromatic carbocycles. The summed E-state index contributed by atoms with van der Waals surface area (Å²) >= 11 is 0. The van der Waals surface area contributed by atoms with Crippen molar-refractivity contribution in [3.05, 3.63) is 35.9 Å². The molecule has 2 rings (SSSR count). The van der Waals surface area contributed by atoms with Crippen molar-refractivity contribution in [3.8, 4) is 0 Å². The highest BCUT2D eigenvalue weighted by Gasteiger charge is 2.30. The van der Waals surface area contributed by atoms with Crippen LogP contribution in [0.3, 0.4) is 0 Å². The molecule has 2 unspecified atom stereocenters. The molecule has 112 valence electrons. The van der Waals surface area contributed by atoms with Gasteiger partial charge < -0.3 is 19.9 Å². The molecular formula is C16H25NO3. The second-order valence-corrected chi connectivity index (χ2v) is 5.36. The van der Waals surface area contributed by atoms with E-state index in [9.17, 15) is 5.11 Å². The molecule has 0 spiro atoms. The minimum atomic E-state index is -0.546. The Hall–Kier alpha value is -0.940. The average molecular weight is 279 g/mol. The predicted molar refractivity (Wildman–Crippen MR) is 78.7 cm³/mol. The molecule has 1 fully saturated rings. The van der Waals surface area contributed by atoms with Crippen LogP contribution in [0.1, 0.15) is 24.8 Å². The summed E-state index contributed by atoms with van der Waals surface area (Å²) in [6.45, 7) is 1.86. The zero-order chi connectivity index (χ0) is 14.3. The van der Waals surface area contributed by atoms with Crippen molar-refractivity contribution in [2.24, 2.45) is 0 Å². The maximum absolute atomic E-state index is 9.79. The van der Waals surface area contributed by atoms with Crippen molar-refractivity contribution in [1.82, 2.24) is 5.32 Å². The average Bonchev–Trinajstić information content (AvgIpc) is 2.54. The molecule has 1 saturated heterocycles. The van der Waals surface area contributed by atoms with Gasteiger partial charge in [0.25, 0.3) is 0 Å². The summed E-state index contributed by atoms with van der Waals surface area (Å²) in [5.74, 6) is 0. The van der Waals surface area contributed by atoms with Crippen LogP contribution in [0.25, 0.3) is 0 Å². The molecule has 1 aliphatic rings. The number of hydrogen-bond acceptors (Lipinski definition) is 4. The number of hydrogen-bond donors (Lipinski definition) is 2. The Kier molecular flexibility index (Phi) is 5.98. The third-order valence-electron chi connectivity index (χ3n) is 4.00. The largest absolute Gasteiger partial charge is 0.394 e. The normalized spacial score (nSPS) is 22.4. The molecule has 1 heterocycles. The van der Waals surface area contributed by atoms with E-state index in [1.54, 1.807) is 0 Å². The standard InChI is InChI=1S/C16H25NO3/c1-17-16(12-18,14-7-3-2-4-8-14)13-19-11-15-9-5-6-10-20-15/h2-4,7-8,15,17-18H,5-6,9-13H2,1H3. The SMILES string of the molecule is CNC(CO)(COCC1CCCCO1)c1ccccc1. The lowest BCUT2D eigenvalue weighted by atomic mass is 9.92. The van der Waals surface area contributed by atoms with E-state index in [4.69, 9.17) is 9.47 Å². The van der Waals surface area contributed by atoms with E-state index in [-0.39, 0.29) is 12.7 Å². The molecule has 0 bridgehead atoms. The second-order valence-electron chi connectivity index (χ2n) is 5.36. The lowest BCUT2D eigenvalue weighted by molar-refractivity contribution is -0.0575. The summed E-state index contributed by atoms with van der Waals surface area (Å²) in [7, 11) is 1.85. The fourth-order valence-electron chi connectivity index (χ4n) is 2.58. The molecule has 0 aliphatic carbocycles. The first-order valence-corrected chi connectivity index (χ1v) is 7.35. The molecule has 0 saturated carbocycles. The quantitative estimate of drug-likeness (QED) is 0.797. The van der Waals surface area contributed by atoms with E-state index in [1.807, 2.05) is 37.4 Å². The minimum Gasteiger partial charge on any atom is -0.394 e. The zero-order valence-electron chi connectivity index (χ0n) is 12.2. The van der Waals surface area contributed by atoms with Crippen LogP contribution in [0.5, 0.6) is 0 Å². The van der Waals surface area contributed by atoms with Crippen LogP contribution >= 0.6 is 0 Å². The predicted octanol–water partition coefficient (Wildman–Crippen LogP) is 1.68. The molecule has 0 aromatic heterocycles. The smallest absolute Gasteiger partial charge is 0.0903 e. The van der Waals surface area contributed by atoms with Crippen molar-refractivity contribution in [1.29, 1.82) is 0 Å². The Morgan fingerprint density at radius 1 is 1.35 bits per heavy atom. The number of nitrogens with one attached hydrogen (secondary N) is 1. The Balaban J connectivity index is 1.91. The van der Waals surface area contributed by atoms with Crippen molar-refractivity contribution in [2.45, 2.75) is 30.9 Å². The van der Waals surface area contributed by atoms with E-state index in [0.29, 0.717) is 13.2 Å². The fraction of sp³-hybridized carbons (Fsp3) is 0.625. The molecule has 0 amide bonds. The van der Waals surface area contributed by atoms with E-state index in [2.05, 4.69) is 5.32 Å². The van der Waals surface area contributed by atoms with Crippen molar-refractivity contribution >= 4 is 0 Å². The first kappa shape index (κ1) is 15.4. The lowest BCUT2D eigenvalue weighted by Crippen LogP contribution is -2.48. The van der Waals surface area contributed by atoms with Gasteiger partial charge in [0, 0.05) is 6.61 Å². The Morgan fingerprint density at radius 2 is 2.15 bits per heavy atom. The van der Waals surface area contributed by atoms with Crippen LogP contribution in [-0.4, -0.2) is 44.7 Å². The summed E-state index contributed by atoms with van der Waals surface area (Å²) in [4.78, 5) is 0. The van der Waals surface area contributed by atoms with Crippen LogP contribution in [-0.2, 0) is 15.0 Å². The molecule has 2 N–H and O–H groups in total. The molecule has 20 heavy (non-hydrogen) atoms. The molecular weight excluding hydrogens is 254 g/mol. The van der Waals surface area contributed by atoms with Crippen molar-refractivity contribution in [2.75, 3.05) is 33.5 Å². The number of benzene rings is 1. The first-order valence-electron chi connectivity index (χ1n) is 7.35. The van der Waals surface area contributed by atoms with Crippen LogP contribution in [0.4, 0.5) is 0 Å². The highest BCUT2D eigenvalue weighted by molar-refractivity contribution is 5.24. The van der Waals surface area contributed by atoms with Gasteiger partial charge in [0.15, 0.2) is 0 Å². The van der Waals surface area contributed by atoms with Crippen LogP contribution in [0, 0.1) is 0 Å². The van der Waals surface area contributed by atoms with Gasteiger partial charge in [-0.3, -0.25) is 0 Å². The number of ether oxygens (including phenoxy) is 2. The van der Waals surface area contributed by atoms with Gasteiger partial charge in [-0.25, -0.2) is 0 Å². The monoisotopic (exact) mass is 279 g/mol. The molecule has 0 radical (unpaired) electrons. The molecule has 1 aliphatic heterocycles. The van der Waals surface area contributed by atoms with Gasteiger partial charge in [-0.05, 0) is 31.9 Å². The van der Waals surface area contributed by atoms with Crippen LogP contribution < -0.4 is 5.32 Å². The number of likely N-dealkylation sites (N-methyl/N-ethyl adjacent to an activating group) is 1. The Bertz CT molecular complexity index is 373. The summed E-state index contributed by atoms with van der Waals surface area (Å²) in [6.07, 6.45) is 3.63. The number of aliphatic hydroxyl groups excluding tert-OH is 1. The lowest BCUT2D eigenvalue weighted by Gasteiger charge is -2.33. The molecule has 1 aromatic rings. The minimum absolute atomic E-state index is 0.000955. The molecule has 4 nitrogen and oxygen atoms in total. The third-order valence-corrected chi connectivity index (χ3v) is 4.00. The van der Waals surface area contributed by atoms with E-state index >= 15 is 0 Å². The zero-order valence-corrected chi connectivity index (χ0v) is 12.2. The van der Waals surface area contributed by atoms with E-state index < -0.39 is 5.54 Å². The summed E-state index contributed by atoms with van der Waals surface area (Å²) < 4.78 is 11.5. The van der Waals surface area contributed by atoms with Gasteiger partial charge in [-0.15, -0.1) is 0 Å². The Labute approximate surface area is 121 Å². The maximum atomic E-state index is 9.79. The number of rotatable bonds is 7. The highest BCUT2D eigenvalue weighted by Crippen LogP contribution is 2.21. The van der Waals surface area contributed by atoms with Crippen LogP contribution in [0.15, 0.2) is 30.3 Å². The molecule has 2 atom stereocenters. The topological polar surface area (TPSA) is 50.7 Å². The first-order chi connectivity index (χ1) is 9.80. The van der Waals surface area contributed by atoms with Gasteiger partial charge in [0.05, 0.1) is 31.5 Å². The van der Waals surface area contributed by atoms with Gasteiger partial charge >= 0.3 is 0 Å². The summed E-state index contributed by atoms with van der Waals surface area (Å²) in [5.41, 5.74) is 0.491. The van der Waals surface area contributed by atoms with Crippen molar-refractivity contribution in [3.63, 3.8) is 0 Å². The second kappa shape index (κ2) is 7.74. The van der Waals surface area contributed by atoms with Gasteiger partial charge in [-0.2, -0.15) is 0 Å².